The molecule has 0 aliphatic carbocycles. The van der Waals surface area contributed by atoms with Crippen LogP contribution in [0.15, 0.2) is 12.4 Å². The summed E-state index contributed by atoms with van der Waals surface area (Å²) in [6, 6.07) is 0.571. The molecule has 1 rings (SSSR count). The number of nitrogens with zero attached hydrogens (tertiary/aromatic N) is 2. The number of aryl methyl sites for hydroxylation is 1. The highest BCUT2D eigenvalue weighted by molar-refractivity contribution is 7.79. The van der Waals surface area contributed by atoms with Crippen molar-refractivity contribution in [2.45, 2.75) is 26.8 Å². The molecule has 15 heavy (non-hydrogen) atoms. The van der Waals surface area contributed by atoms with Crippen molar-refractivity contribution in [3.63, 3.8) is 0 Å². The average molecular weight is 237 g/mol. The number of hydrogen-bond acceptors (Lipinski definition) is 2. The maximum absolute atomic E-state index is 8.74. The van der Waals surface area contributed by atoms with Crippen molar-refractivity contribution < 1.29 is 22.1 Å². The molecule has 6 nitrogen and oxygen atoms in total. The molecule has 0 fully saturated rings. The van der Waals surface area contributed by atoms with E-state index in [4.69, 9.17) is 17.5 Å². The standard InChI is InChI=1S/C8H15N2.H2O4S/c1-7(2)10-6-5-9(4)8(10)3;1-5(2,3)4/h5-7H,1-4H3;(H2,1,2,3,4)/q+1;. The van der Waals surface area contributed by atoms with Gasteiger partial charge in [-0.25, -0.2) is 9.13 Å². The molecule has 0 bridgehead atoms. The first-order valence-electron chi connectivity index (χ1n) is 4.36. The minimum Gasteiger partial charge on any atom is -0.264 e. The van der Waals surface area contributed by atoms with Gasteiger partial charge >= 0.3 is 10.4 Å². The second-order valence-electron chi connectivity index (χ2n) is 3.41. The maximum atomic E-state index is 8.74. The van der Waals surface area contributed by atoms with Gasteiger partial charge in [-0.1, -0.05) is 0 Å². The Hall–Kier alpha value is -0.920. The second kappa shape index (κ2) is 5.24. The molecule has 0 aliphatic heterocycles. The van der Waals surface area contributed by atoms with E-state index in [9.17, 15) is 0 Å². The molecule has 1 heterocycles. The Balaban J connectivity index is 0.000000336. The van der Waals surface area contributed by atoms with E-state index in [-0.39, 0.29) is 0 Å². The molecule has 0 amide bonds. The van der Waals surface area contributed by atoms with Gasteiger partial charge < -0.3 is 0 Å². The monoisotopic (exact) mass is 237 g/mol. The third-order valence-corrected chi connectivity index (χ3v) is 1.89. The van der Waals surface area contributed by atoms with Crippen LogP contribution in [-0.2, 0) is 17.4 Å². The lowest BCUT2D eigenvalue weighted by molar-refractivity contribution is -0.677. The fourth-order valence-corrected chi connectivity index (χ4v) is 1.12. The number of imidazole rings is 1. The van der Waals surface area contributed by atoms with E-state index in [2.05, 4.69) is 49.3 Å². The average Bonchev–Trinajstić information content (AvgIpc) is 2.29. The second-order valence-corrected chi connectivity index (χ2v) is 4.30. The van der Waals surface area contributed by atoms with Crippen LogP contribution in [0.2, 0.25) is 0 Å². The van der Waals surface area contributed by atoms with Crippen molar-refractivity contribution in [1.82, 2.24) is 4.57 Å². The quantitative estimate of drug-likeness (QED) is 0.552. The van der Waals surface area contributed by atoms with E-state index in [1.165, 1.54) is 5.82 Å². The molecular formula is C8H17N2O4S+. The minimum absolute atomic E-state index is 0.571. The summed E-state index contributed by atoms with van der Waals surface area (Å²) in [6.45, 7) is 6.50. The summed E-state index contributed by atoms with van der Waals surface area (Å²) in [5.41, 5.74) is 0. The first-order chi connectivity index (χ1) is 6.63. The van der Waals surface area contributed by atoms with Crippen molar-refractivity contribution in [3.8, 4) is 0 Å². The normalized spacial score (nSPS) is 11.1. The lowest BCUT2D eigenvalue weighted by Crippen LogP contribution is -2.29. The van der Waals surface area contributed by atoms with Crippen LogP contribution < -0.4 is 4.57 Å². The zero-order valence-corrected chi connectivity index (χ0v) is 10.1. The van der Waals surface area contributed by atoms with Crippen LogP contribution in [-0.4, -0.2) is 22.1 Å². The minimum atomic E-state index is -4.67. The largest absolute Gasteiger partial charge is 0.394 e. The Bertz CT molecular complexity index is 400. The summed E-state index contributed by atoms with van der Waals surface area (Å²) in [6.07, 6.45) is 4.19. The zero-order chi connectivity index (χ0) is 12.2. The Labute approximate surface area is 89.7 Å². The van der Waals surface area contributed by atoms with Crippen LogP contribution in [0.5, 0.6) is 0 Å². The van der Waals surface area contributed by atoms with Crippen molar-refractivity contribution in [1.29, 1.82) is 0 Å². The molecule has 2 N–H and O–H groups in total. The van der Waals surface area contributed by atoms with Crippen molar-refractivity contribution in [2.75, 3.05) is 0 Å². The fourth-order valence-electron chi connectivity index (χ4n) is 1.12. The molecule has 0 aliphatic rings. The Kier molecular flexibility index (Phi) is 4.92. The summed E-state index contributed by atoms with van der Waals surface area (Å²) in [5.74, 6) is 1.30. The molecule has 88 valence electrons. The molecule has 0 saturated heterocycles. The van der Waals surface area contributed by atoms with Crippen LogP contribution in [0.3, 0.4) is 0 Å². The van der Waals surface area contributed by atoms with Crippen molar-refractivity contribution in [3.05, 3.63) is 18.2 Å². The van der Waals surface area contributed by atoms with Crippen LogP contribution >= 0.6 is 0 Å². The summed E-state index contributed by atoms with van der Waals surface area (Å²) in [4.78, 5) is 0. The molecule has 7 heteroatoms. The van der Waals surface area contributed by atoms with Gasteiger partial charge in [0.25, 0.3) is 5.82 Å². The van der Waals surface area contributed by atoms with Gasteiger partial charge in [-0.05, 0) is 13.8 Å². The Morgan fingerprint density at radius 2 is 1.80 bits per heavy atom. The molecule has 0 saturated carbocycles. The predicted octanol–water partition coefficient (Wildman–Crippen LogP) is 0.549. The molecule has 0 radical (unpaired) electrons. The predicted molar refractivity (Wildman–Crippen MR) is 54.9 cm³/mol. The van der Waals surface area contributed by atoms with E-state index >= 15 is 0 Å². The molecule has 0 atom stereocenters. The first kappa shape index (κ1) is 14.1. The third kappa shape index (κ3) is 6.21. The van der Waals surface area contributed by atoms with E-state index in [0.717, 1.165) is 0 Å². The Morgan fingerprint density at radius 1 is 1.40 bits per heavy atom. The first-order valence-corrected chi connectivity index (χ1v) is 5.75. The molecule has 0 spiro atoms. The molecule has 0 unspecified atom stereocenters. The van der Waals surface area contributed by atoms with Gasteiger partial charge in [0.05, 0.1) is 13.1 Å². The van der Waals surface area contributed by atoms with Gasteiger partial charge in [-0.15, -0.1) is 0 Å². The smallest absolute Gasteiger partial charge is 0.264 e. The van der Waals surface area contributed by atoms with Crippen LogP contribution in [0.1, 0.15) is 25.7 Å². The van der Waals surface area contributed by atoms with Crippen molar-refractivity contribution >= 4 is 10.4 Å². The van der Waals surface area contributed by atoms with E-state index in [1.807, 2.05) is 0 Å². The summed E-state index contributed by atoms with van der Waals surface area (Å²) in [7, 11) is -2.60. The topological polar surface area (TPSA) is 83.4 Å². The lowest BCUT2D eigenvalue weighted by atomic mass is 10.4. The van der Waals surface area contributed by atoms with Gasteiger partial charge in [0.2, 0.25) is 0 Å². The summed E-state index contributed by atoms with van der Waals surface area (Å²) in [5, 5.41) is 0. The van der Waals surface area contributed by atoms with Crippen LogP contribution in [0.25, 0.3) is 0 Å². The number of rotatable bonds is 1. The molecule has 1 aromatic heterocycles. The maximum Gasteiger partial charge on any atom is 0.394 e. The van der Waals surface area contributed by atoms with Gasteiger partial charge in [0.15, 0.2) is 0 Å². The lowest BCUT2D eigenvalue weighted by Gasteiger charge is -2.00. The highest BCUT2D eigenvalue weighted by Crippen LogP contribution is 2.04. The van der Waals surface area contributed by atoms with E-state index in [1.54, 1.807) is 0 Å². The van der Waals surface area contributed by atoms with Crippen LogP contribution in [0.4, 0.5) is 0 Å². The SMILES string of the molecule is Cc1n(C(C)C)cc[n+]1C.O=S(=O)(O)O. The number of aromatic nitrogens is 2. The molecule has 0 aromatic carbocycles. The zero-order valence-electron chi connectivity index (χ0n) is 9.25. The molecular weight excluding hydrogens is 220 g/mol. The van der Waals surface area contributed by atoms with E-state index < -0.39 is 10.4 Å². The summed E-state index contributed by atoms with van der Waals surface area (Å²) >= 11 is 0. The van der Waals surface area contributed by atoms with Gasteiger partial charge in [-0.3, -0.25) is 9.11 Å². The third-order valence-electron chi connectivity index (χ3n) is 1.89. The van der Waals surface area contributed by atoms with E-state index in [0.29, 0.717) is 6.04 Å². The van der Waals surface area contributed by atoms with Crippen molar-refractivity contribution in [2.24, 2.45) is 7.05 Å². The van der Waals surface area contributed by atoms with Crippen LogP contribution in [0, 0.1) is 6.92 Å². The van der Waals surface area contributed by atoms with Gasteiger partial charge in [-0.2, -0.15) is 8.42 Å². The fraction of sp³-hybridized carbons (Fsp3) is 0.625. The Morgan fingerprint density at radius 3 is 1.93 bits per heavy atom. The van der Waals surface area contributed by atoms with Gasteiger partial charge in [0.1, 0.15) is 12.4 Å². The van der Waals surface area contributed by atoms with Gasteiger partial charge in [0, 0.05) is 6.92 Å². The highest BCUT2D eigenvalue weighted by Gasteiger charge is 2.10. The summed E-state index contributed by atoms with van der Waals surface area (Å²) < 4.78 is 36.0. The number of hydrogen-bond donors (Lipinski definition) is 2. The highest BCUT2D eigenvalue weighted by atomic mass is 32.3. The molecule has 1 aromatic rings.